The number of Topliss-reactive ketones (excluding diaryl/α,β-unsaturated/α-hetero) is 1. The van der Waals surface area contributed by atoms with Crippen molar-refractivity contribution in [3.05, 3.63) is 71.0 Å². The number of benzene rings is 2. The number of carbonyl (C=O) groups excluding carboxylic acids is 1. The number of carbonyl (C=O) groups is 1. The third-order valence-corrected chi connectivity index (χ3v) is 3.60. The fourth-order valence-corrected chi connectivity index (χ4v) is 2.30. The van der Waals surface area contributed by atoms with Crippen LogP contribution in [0.3, 0.4) is 0 Å². The van der Waals surface area contributed by atoms with E-state index in [0.29, 0.717) is 18.4 Å². The van der Waals surface area contributed by atoms with Gasteiger partial charge >= 0.3 is 0 Å². The Bertz CT molecular complexity index is 587. The van der Waals surface area contributed by atoms with Crippen LogP contribution >= 0.6 is 0 Å². The van der Waals surface area contributed by atoms with Crippen LogP contribution in [0.25, 0.3) is 0 Å². The van der Waals surface area contributed by atoms with Crippen molar-refractivity contribution in [3.63, 3.8) is 0 Å². The molecular formula is C18H19FO. The summed E-state index contributed by atoms with van der Waals surface area (Å²) >= 11 is 0. The molecule has 0 saturated heterocycles. The van der Waals surface area contributed by atoms with Crippen molar-refractivity contribution in [1.82, 2.24) is 0 Å². The first kappa shape index (κ1) is 14.4. The lowest BCUT2D eigenvalue weighted by molar-refractivity contribution is -0.120. The molecule has 0 N–H and O–H groups in total. The van der Waals surface area contributed by atoms with Crippen LogP contribution in [0.5, 0.6) is 0 Å². The Morgan fingerprint density at radius 3 is 2.30 bits per heavy atom. The largest absolute Gasteiger partial charge is 0.300 e. The van der Waals surface area contributed by atoms with E-state index in [4.69, 9.17) is 0 Å². The van der Waals surface area contributed by atoms with Crippen molar-refractivity contribution >= 4 is 5.78 Å². The van der Waals surface area contributed by atoms with E-state index >= 15 is 0 Å². The van der Waals surface area contributed by atoms with Gasteiger partial charge in [-0.25, -0.2) is 4.39 Å². The lowest BCUT2D eigenvalue weighted by atomic mass is 9.89. The van der Waals surface area contributed by atoms with Crippen LogP contribution < -0.4 is 0 Å². The van der Waals surface area contributed by atoms with Crippen LogP contribution in [-0.4, -0.2) is 5.78 Å². The maximum atomic E-state index is 13.7. The zero-order chi connectivity index (χ0) is 14.5. The van der Waals surface area contributed by atoms with Gasteiger partial charge in [-0.2, -0.15) is 0 Å². The molecule has 0 bridgehead atoms. The van der Waals surface area contributed by atoms with E-state index in [1.165, 1.54) is 11.6 Å². The molecule has 0 radical (unpaired) electrons. The highest BCUT2D eigenvalue weighted by Gasteiger charge is 2.17. The fraction of sp³-hybridized carbons (Fsp3) is 0.278. The quantitative estimate of drug-likeness (QED) is 0.798. The first-order valence-corrected chi connectivity index (χ1v) is 6.85. The second-order valence-electron chi connectivity index (χ2n) is 5.29. The Labute approximate surface area is 119 Å². The molecule has 0 aliphatic carbocycles. The Balaban J connectivity index is 2.14. The Hall–Kier alpha value is -1.96. The normalized spacial score (nSPS) is 12.2. The van der Waals surface area contributed by atoms with Gasteiger partial charge in [0.05, 0.1) is 0 Å². The summed E-state index contributed by atoms with van der Waals surface area (Å²) in [5.41, 5.74) is 2.93. The molecule has 1 atom stereocenters. The van der Waals surface area contributed by atoms with E-state index < -0.39 is 0 Å². The number of rotatable bonds is 5. The Morgan fingerprint density at radius 2 is 1.70 bits per heavy atom. The number of halogens is 1. The summed E-state index contributed by atoms with van der Waals surface area (Å²) in [5, 5.41) is 0. The first-order chi connectivity index (χ1) is 9.56. The minimum Gasteiger partial charge on any atom is -0.300 e. The zero-order valence-corrected chi connectivity index (χ0v) is 11.9. The average molecular weight is 270 g/mol. The molecule has 0 heterocycles. The van der Waals surface area contributed by atoms with Gasteiger partial charge in [-0.05, 0) is 43.9 Å². The van der Waals surface area contributed by atoms with E-state index in [0.717, 1.165) is 5.56 Å². The van der Waals surface area contributed by atoms with Crippen LogP contribution in [0.1, 0.15) is 23.6 Å². The van der Waals surface area contributed by atoms with Crippen molar-refractivity contribution in [2.75, 3.05) is 0 Å². The smallest absolute Gasteiger partial charge is 0.133 e. The van der Waals surface area contributed by atoms with Gasteiger partial charge in [0.2, 0.25) is 0 Å². The molecule has 0 spiro atoms. The van der Waals surface area contributed by atoms with Crippen molar-refractivity contribution in [2.45, 2.75) is 26.7 Å². The lowest BCUT2D eigenvalue weighted by Crippen LogP contribution is -2.17. The first-order valence-electron chi connectivity index (χ1n) is 6.85. The van der Waals surface area contributed by atoms with Crippen molar-refractivity contribution in [2.24, 2.45) is 5.92 Å². The summed E-state index contributed by atoms with van der Waals surface area (Å²) in [5.74, 6) is -0.300. The van der Waals surface area contributed by atoms with Gasteiger partial charge in [-0.3, -0.25) is 4.79 Å². The molecule has 0 aliphatic rings. The van der Waals surface area contributed by atoms with E-state index in [9.17, 15) is 9.18 Å². The minimum atomic E-state index is -0.234. The Kier molecular flexibility index (Phi) is 4.67. The highest BCUT2D eigenvalue weighted by atomic mass is 19.1. The third-order valence-electron chi connectivity index (χ3n) is 3.60. The predicted molar refractivity (Wildman–Crippen MR) is 79.2 cm³/mol. The van der Waals surface area contributed by atoms with Crippen LogP contribution in [-0.2, 0) is 17.6 Å². The van der Waals surface area contributed by atoms with Gasteiger partial charge in [0.25, 0.3) is 0 Å². The van der Waals surface area contributed by atoms with Crippen LogP contribution in [0.2, 0.25) is 0 Å². The monoisotopic (exact) mass is 270 g/mol. The summed E-state index contributed by atoms with van der Waals surface area (Å²) in [6.45, 7) is 3.62. The molecule has 20 heavy (non-hydrogen) atoms. The van der Waals surface area contributed by atoms with E-state index in [-0.39, 0.29) is 17.5 Å². The maximum absolute atomic E-state index is 13.7. The maximum Gasteiger partial charge on any atom is 0.133 e. The second-order valence-corrected chi connectivity index (χ2v) is 5.29. The SMILES string of the molecule is CC(=O)C(Cc1ccc(C)cc1)Cc1ccccc1F. The van der Waals surface area contributed by atoms with Crippen LogP contribution in [0.15, 0.2) is 48.5 Å². The standard InChI is InChI=1S/C18H19FO/c1-13-7-9-15(10-8-13)11-17(14(2)20)12-16-5-3-4-6-18(16)19/h3-10,17H,11-12H2,1-2H3. The number of ketones is 1. The molecular weight excluding hydrogens is 251 g/mol. The van der Waals surface area contributed by atoms with Crippen molar-refractivity contribution in [3.8, 4) is 0 Å². The fourth-order valence-electron chi connectivity index (χ4n) is 2.30. The number of aryl methyl sites for hydroxylation is 1. The molecule has 1 nitrogen and oxygen atoms in total. The van der Waals surface area contributed by atoms with Gasteiger partial charge in [0, 0.05) is 5.92 Å². The summed E-state index contributed by atoms with van der Waals surface area (Å²) in [4.78, 5) is 11.8. The van der Waals surface area contributed by atoms with E-state index in [1.807, 2.05) is 37.3 Å². The van der Waals surface area contributed by atoms with Crippen LogP contribution in [0, 0.1) is 18.7 Å². The molecule has 2 heteroatoms. The molecule has 0 fully saturated rings. The van der Waals surface area contributed by atoms with E-state index in [2.05, 4.69) is 0 Å². The van der Waals surface area contributed by atoms with Gasteiger partial charge in [0.1, 0.15) is 11.6 Å². The highest BCUT2D eigenvalue weighted by Crippen LogP contribution is 2.18. The second kappa shape index (κ2) is 6.47. The highest BCUT2D eigenvalue weighted by molar-refractivity contribution is 5.79. The molecule has 2 aromatic carbocycles. The zero-order valence-electron chi connectivity index (χ0n) is 11.9. The summed E-state index contributed by atoms with van der Waals surface area (Å²) in [7, 11) is 0. The number of hydrogen-bond acceptors (Lipinski definition) is 1. The summed E-state index contributed by atoms with van der Waals surface area (Å²) in [6.07, 6.45) is 1.11. The van der Waals surface area contributed by atoms with Gasteiger partial charge in [-0.1, -0.05) is 48.0 Å². The molecule has 0 amide bonds. The minimum absolute atomic E-state index is 0.105. The van der Waals surface area contributed by atoms with Gasteiger partial charge in [0.15, 0.2) is 0 Å². The van der Waals surface area contributed by atoms with Crippen molar-refractivity contribution in [1.29, 1.82) is 0 Å². The Morgan fingerprint density at radius 1 is 1.05 bits per heavy atom. The number of hydrogen-bond donors (Lipinski definition) is 0. The summed E-state index contributed by atoms with van der Waals surface area (Å²) < 4.78 is 13.7. The molecule has 0 aliphatic heterocycles. The lowest BCUT2D eigenvalue weighted by Gasteiger charge is -2.14. The van der Waals surface area contributed by atoms with E-state index in [1.54, 1.807) is 19.1 Å². The van der Waals surface area contributed by atoms with Gasteiger partial charge < -0.3 is 0 Å². The molecule has 0 aromatic heterocycles. The summed E-state index contributed by atoms with van der Waals surface area (Å²) in [6, 6.07) is 14.8. The van der Waals surface area contributed by atoms with Crippen molar-refractivity contribution < 1.29 is 9.18 Å². The third kappa shape index (κ3) is 3.77. The molecule has 2 aromatic rings. The van der Waals surface area contributed by atoms with Crippen LogP contribution in [0.4, 0.5) is 4.39 Å². The molecule has 1 unspecified atom stereocenters. The predicted octanol–water partition coefficient (Wildman–Crippen LogP) is 4.12. The molecule has 0 saturated carbocycles. The topological polar surface area (TPSA) is 17.1 Å². The average Bonchev–Trinajstić information content (AvgIpc) is 2.42. The molecule has 2 rings (SSSR count). The van der Waals surface area contributed by atoms with Gasteiger partial charge in [-0.15, -0.1) is 0 Å². The molecule has 104 valence electrons.